The number of hydrogen-bond donors (Lipinski definition) is 1. The maximum Gasteiger partial charge on any atom is 0.0298 e. The van der Waals surface area contributed by atoms with E-state index < -0.39 is 0 Å². The van der Waals surface area contributed by atoms with E-state index in [9.17, 15) is 0 Å². The zero-order valence-electron chi connectivity index (χ0n) is 15.4. The van der Waals surface area contributed by atoms with Crippen molar-refractivity contribution >= 4 is 0 Å². The first-order chi connectivity index (χ1) is 8.93. The molecule has 0 aliphatic heterocycles. The van der Waals surface area contributed by atoms with E-state index in [0.717, 1.165) is 25.8 Å². The van der Waals surface area contributed by atoms with Crippen LogP contribution in [0.4, 0.5) is 0 Å². The van der Waals surface area contributed by atoms with Crippen LogP contribution in [0.2, 0.25) is 0 Å². The van der Waals surface area contributed by atoms with Crippen LogP contribution in [0.3, 0.4) is 0 Å². The summed E-state index contributed by atoms with van der Waals surface area (Å²) >= 11 is 0. The van der Waals surface area contributed by atoms with Crippen molar-refractivity contribution in [2.75, 3.05) is 6.54 Å². The summed E-state index contributed by atoms with van der Waals surface area (Å²) in [5.41, 5.74) is 0.546. The van der Waals surface area contributed by atoms with E-state index in [1.165, 1.54) is 0 Å². The molecule has 1 nitrogen and oxygen atoms in total. The molecule has 0 spiro atoms. The fourth-order valence-corrected chi connectivity index (χ4v) is 3.07. The number of nitrogens with one attached hydrogen (secondary N) is 1. The van der Waals surface area contributed by atoms with Gasteiger partial charge < -0.3 is 5.32 Å². The molecule has 0 amide bonds. The third-order valence-corrected chi connectivity index (χ3v) is 3.76. The van der Waals surface area contributed by atoms with Gasteiger partial charge in [0.1, 0.15) is 0 Å². The standard InChI is InChI=1S/C19H37N/c1-10-19(9,14-16(3)20-11-2)13-12-18(7,8)15-17(4,5)6/h16,20H,10-11,14-15H2,1-9H3. The van der Waals surface area contributed by atoms with E-state index in [4.69, 9.17) is 0 Å². The first-order valence-corrected chi connectivity index (χ1v) is 8.21. The van der Waals surface area contributed by atoms with Crippen molar-refractivity contribution in [1.29, 1.82) is 0 Å². The first-order valence-electron chi connectivity index (χ1n) is 8.21. The summed E-state index contributed by atoms with van der Waals surface area (Å²) in [5, 5.41) is 3.50. The van der Waals surface area contributed by atoms with Crippen LogP contribution >= 0.6 is 0 Å². The third kappa shape index (κ3) is 8.64. The largest absolute Gasteiger partial charge is 0.314 e. The third-order valence-electron chi connectivity index (χ3n) is 3.76. The molecule has 0 aromatic rings. The van der Waals surface area contributed by atoms with Gasteiger partial charge in [-0.2, -0.15) is 0 Å². The predicted molar refractivity (Wildman–Crippen MR) is 91.8 cm³/mol. The van der Waals surface area contributed by atoms with Gasteiger partial charge in [0.25, 0.3) is 0 Å². The Labute approximate surface area is 128 Å². The zero-order valence-corrected chi connectivity index (χ0v) is 15.4. The van der Waals surface area contributed by atoms with Crippen molar-refractivity contribution in [3.05, 3.63) is 0 Å². The van der Waals surface area contributed by atoms with E-state index >= 15 is 0 Å². The first kappa shape index (κ1) is 19.5. The van der Waals surface area contributed by atoms with E-state index in [2.05, 4.69) is 79.5 Å². The molecule has 0 bridgehead atoms. The lowest BCUT2D eigenvalue weighted by molar-refractivity contribution is 0.269. The number of hydrogen-bond acceptors (Lipinski definition) is 1. The smallest absolute Gasteiger partial charge is 0.0298 e. The highest BCUT2D eigenvalue weighted by Gasteiger charge is 2.26. The van der Waals surface area contributed by atoms with Crippen molar-refractivity contribution in [3.63, 3.8) is 0 Å². The van der Waals surface area contributed by atoms with Gasteiger partial charge in [0.05, 0.1) is 0 Å². The second kappa shape index (κ2) is 7.51. The van der Waals surface area contributed by atoms with Gasteiger partial charge in [-0.05, 0) is 58.9 Å². The minimum absolute atomic E-state index is 0.0934. The molecule has 0 saturated carbocycles. The van der Waals surface area contributed by atoms with Crippen LogP contribution in [-0.2, 0) is 0 Å². The highest BCUT2D eigenvalue weighted by Crippen LogP contribution is 2.34. The predicted octanol–water partition coefficient (Wildman–Crippen LogP) is 5.26. The van der Waals surface area contributed by atoms with Gasteiger partial charge in [-0.25, -0.2) is 0 Å². The lowest BCUT2D eigenvalue weighted by Gasteiger charge is -2.30. The molecular formula is C19H37N. The maximum absolute atomic E-state index is 3.61. The molecule has 118 valence electrons. The van der Waals surface area contributed by atoms with Crippen LogP contribution in [0, 0.1) is 28.1 Å². The Hall–Kier alpha value is -0.480. The molecule has 2 atom stereocenters. The Balaban J connectivity index is 4.90. The number of rotatable bonds is 6. The highest BCUT2D eigenvalue weighted by atomic mass is 14.9. The molecule has 0 fully saturated rings. The van der Waals surface area contributed by atoms with Gasteiger partial charge in [-0.15, -0.1) is 0 Å². The molecule has 0 aromatic heterocycles. The lowest BCUT2D eigenvalue weighted by atomic mass is 9.75. The van der Waals surface area contributed by atoms with Gasteiger partial charge >= 0.3 is 0 Å². The molecule has 0 rings (SSSR count). The van der Waals surface area contributed by atoms with E-state index in [-0.39, 0.29) is 10.8 Å². The Morgan fingerprint density at radius 1 is 0.950 bits per heavy atom. The van der Waals surface area contributed by atoms with Gasteiger partial charge in [0.2, 0.25) is 0 Å². The van der Waals surface area contributed by atoms with Crippen LogP contribution in [0.25, 0.3) is 0 Å². The molecule has 0 saturated heterocycles. The molecular weight excluding hydrogens is 242 g/mol. The van der Waals surface area contributed by atoms with Gasteiger partial charge in [0.15, 0.2) is 0 Å². The summed E-state index contributed by atoms with van der Waals surface area (Å²) in [4.78, 5) is 0. The summed E-state index contributed by atoms with van der Waals surface area (Å²) in [6.07, 6.45) is 3.37. The zero-order chi connectivity index (χ0) is 16.0. The molecule has 0 heterocycles. The average molecular weight is 280 g/mol. The molecule has 2 unspecified atom stereocenters. The van der Waals surface area contributed by atoms with Crippen LogP contribution in [-0.4, -0.2) is 12.6 Å². The molecule has 1 N–H and O–H groups in total. The Kier molecular flexibility index (Phi) is 7.33. The maximum atomic E-state index is 3.61. The molecule has 0 aliphatic rings. The molecule has 0 aliphatic carbocycles. The SMILES string of the molecule is CCNC(C)CC(C)(C#CC(C)(C)CC(C)(C)C)CC. The van der Waals surface area contributed by atoms with E-state index in [1.54, 1.807) is 0 Å². The molecule has 20 heavy (non-hydrogen) atoms. The Bertz CT molecular complexity index is 337. The minimum Gasteiger partial charge on any atom is -0.314 e. The highest BCUT2D eigenvalue weighted by molar-refractivity contribution is 5.16. The fourth-order valence-electron chi connectivity index (χ4n) is 3.07. The van der Waals surface area contributed by atoms with Crippen molar-refractivity contribution in [2.45, 2.75) is 87.6 Å². The van der Waals surface area contributed by atoms with Crippen molar-refractivity contribution in [2.24, 2.45) is 16.2 Å². The summed E-state index contributed by atoms with van der Waals surface area (Å²) in [7, 11) is 0. The van der Waals surface area contributed by atoms with E-state index in [0.29, 0.717) is 11.5 Å². The summed E-state index contributed by atoms with van der Waals surface area (Å²) in [6.45, 7) is 21.4. The Morgan fingerprint density at radius 2 is 1.50 bits per heavy atom. The topological polar surface area (TPSA) is 12.0 Å². The van der Waals surface area contributed by atoms with Crippen LogP contribution in [0.5, 0.6) is 0 Å². The lowest BCUT2D eigenvalue weighted by Crippen LogP contribution is -2.31. The minimum atomic E-state index is 0.0934. The average Bonchev–Trinajstić information content (AvgIpc) is 2.24. The quantitative estimate of drug-likeness (QED) is 0.654. The Morgan fingerprint density at radius 3 is 1.90 bits per heavy atom. The summed E-state index contributed by atoms with van der Waals surface area (Å²) in [5.74, 6) is 7.18. The second-order valence-corrected chi connectivity index (χ2v) is 8.45. The van der Waals surface area contributed by atoms with Crippen molar-refractivity contribution < 1.29 is 0 Å². The van der Waals surface area contributed by atoms with Crippen LogP contribution in [0.15, 0.2) is 0 Å². The van der Waals surface area contributed by atoms with Gasteiger partial charge in [-0.3, -0.25) is 0 Å². The monoisotopic (exact) mass is 279 g/mol. The molecule has 0 aromatic carbocycles. The normalized spacial score (nSPS) is 17.1. The van der Waals surface area contributed by atoms with Crippen LogP contribution in [0.1, 0.15) is 81.6 Å². The van der Waals surface area contributed by atoms with Gasteiger partial charge in [0, 0.05) is 16.9 Å². The van der Waals surface area contributed by atoms with Crippen molar-refractivity contribution in [1.82, 2.24) is 5.32 Å². The van der Waals surface area contributed by atoms with Crippen LogP contribution < -0.4 is 5.32 Å². The van der Waals surface area contributed by atoms with E-state index in [1.807, 2.05) is 0 Å². The van der Waals surface area contributed by atoms with Crippen molar-refractivity contribution in [3.8, 4) is 11.8 Å². The fraction of sp³-hybridized carbons (Fsp3) is 0.895. The summed E-state index contributed by atoms with van der Waals surface area (Å²) < 4.78 is 0. The summed E-state index contributed by atoms with van der Waals surface area (Å²) in [6, 6.07) is 0.532. The van der Waals surface area contributed by atoms with Gasteiger partial charge in [-0.1, -0.05) is 46.5 Å². The second-order valence-electron chi connectivity index (χ2n) is 8.45. The molecule has 0 radical (unpaired) electrons. The molecule has 1 heteroatoms.